The van der Waals surface area contributed by atoms with Crippen molar-refractivity contribution in [2.24, 2.45) is 5.92 Å². The van der Waals surface area contributed by atoms with E-state index in [2.05, 4.69) is 4.74 Å². The fourth-order valence-corrected chi connectivity index (χ4v) is 2.30. The first kappa shape index (κ1) is 14.4. The van der Waals surface area contributed by atoms with Crippen LogP contribution in [0.15, 0.2) is 42.2 Å². The Morgan fingerprint density at radius 2 is 1.95 bits per heavy atom. The van der Waals surface area contributed by atoms with E-state index in [-0.39, 0.29) is 11.3 Å². The zero-order valence-corrected chi connectivity index (χ0v) is 10.9. The minimum absolute atomic E-state index is 0.0158. The Kier molecular flexibility index (Phi) is 3.50. The second-order valence-corrected chi connectivity index (χ2v) is 4.49. The third-order valence-electron chi connectivity index (χ3n) is 3.40. The summed E-state index contributed by atoms with van der Waals surface area (Å²) in [6, 6.07) is 7.38. The second-order valence-electron chi connectivity index (χ2n) is 4.49. The van der Waals surface area contributed by atoms with Crippen molar-refractivity contribution < 1.29 is 27.4 Å². The van der Waals surface area contributed by atoms with Gasteiger partial charge in [0.1, 0.15) is 5.76 Å². The first-order chi connectivity index (χ1) is 9.33. The summed E-state index contributed by atoms with van der Waals surface area (Å²) < 4.78 is 49.6. The normalized spacial score (nSPS) is 27.6. The second kappa shape index (κ2) is 4.85. The lowest BCUT2D eigenvalue weighted by Gasteiger charge is -2.50. The van der Waals surface area contributed by atoms with E-state index in [0.29, 0.717) is 0 Å². The van der Waals surface area contributed by atoms with Crippen molar-refractivity contribution in [3.05, 3.63) is 47.7 Å². The molecule has 0 N–H and O–H groups in total. The van der Waals surface area contributed by atoms with E-state index in [1.807, 2.05) is 0 Å². The molecule has 108 valence electrons. The van der Waals surface area contributed by atoms with E-state index in [9.17, 15) is 18.0 Å². The van der Waals surface area contributed by atoms with Crippen LogP contribution in [0, 0.1) is 5.92 Å². The zero-order chi connectivity index (χ0) is 15.0. The van der Waals surface area contributed by atoms with Crippen molar-refractivity contribution in [3.63, 3.8) is 0 Å². The molecule has 0 spiro atoms. The molecule has 0 radical (unpaired) electrons. The summed E-state index contributed by atoms with van der Waals surface area (Å²) in [5, 5.41) is 0. The van der Waals surface area contributed by atoms with Crippen molar-refractivity contribution in [1.82, 2.24) is 0 Å². The van der Waals surface area contributed by atoms with Gasteiger partial charge in [-0.05, 0) is 0 Å². The molecule has 1 aliphatic rings. The molecule has 0 aliphatic carbocycles. The maximum atomic E-state index is 13.4. The molecule has 0 saturated carbocycles. The zero-order valence-electron chi connectivity index (χ0n) is 10.9. The van der Waals surface area contributed by atoms with Gasteiger partial charge in [0.15, 0.2) is 0 Å². The van der Waals surface area contributed by atoms with Crippen LogP contribution in [0.2, 0.25) is 0 Å². The Labute approximate surface area is 114 Å². The van der Waals surface area contributed by atoms with Crippen LogP contribution in [-0.2, 0) is 19.9 Å². The third kappa shape index (κ3) is 2.05. The van der Waals surface area contributed by atoms with E-state index in [1.54, 1.807) is 6.07 Å². The maximum Gasteiger partial charge on any atom is 0.433 e. The van der Waals surface area contributed by atoms with Crippen molar-refractivity contribution in [3.8, 4) is 0 Å². The molecule has 1 fully saturated rings. The fraction of sp³-hybridized carbons (Fsp3) is 0.357. The van der Waals surface area contributed by atoms with E-state index in [4.69, 9.17) is 4.74 Å². The highest BCUT2D eigenvalue weighted by Crippen LogP contribution is 2.58. The highest BCUT2D eigenvalue weighted by atomic mass is 19.4. The van der Waals surface area contributed by atoms with Crippen molar-refractivity contribution >= 4 is 5.97 Å². The van der Waals surface area contributed by atoms with Crippen LogP contribution in [0.25, 0.3) is 0 Å². The summed E-state index contributed by atoms with van der Waals surface area (Å²) in [6.07, 6.45) is -3.64. The van der Waals surface area contributed by atoms with Crippen molar-refractivity contribution in [2.75, 3.05) is 7.11 Å². The van der Waals surface area contributed by atoms with Crippen LogP contribution in [0.1, 0.15) is 12.5 Å². The largest absolute Gasteiger partial charge is 0.476 e. The average molecular weight is 286 g/mol. The number of methoxy groups -OCH3 is 1. The predicted molar refractivity (Wildman–Crippen MR) is 64.5 cm³/mol. The molecule has 3 nitrogen and oxygen atoms in total. The van der Waals surface area contributed by atoms with Crippen molar-refractivity contribution in [2.45, 2.75) is 18.7 Å². The van der Waals surface area contributed by atoms with Gasteiger partial charge in [-0.15, -0.1) is 0 Å². The standard InChI is InChI=1S/C14H13F3O3/c1-9-11(8-12(18)19-2)20-13(9,14(15,16)17)10-6-4-3-5-7-10/h3-9H,1-2H3/b11-8+/t9-,13?/m0/s1. The number of esters is 1. The van der Waals surface area contributed by atoms with Gasteiger partial charge in [0.2, 0.25) is 5.60 Å². The Morgan fingerprint density at radius 1 is 1.35 bits per heavy atom. The molecule has 1 aromatic rings. The van der Waals surface area contributed by atoms with Crippen LogP contribution in [-0.4, -0.2) is 19.3 Å². The summed E-state index contributed by atoms with van der Waals surface area (Å²) in [7, 11) is 1.15. The Balaban J connectivity index is 2.40. The van der Waals surface area contributed by atoms with Gasteiger partial charge in [-0.2, -0.15) is 13.2 Å². The average Bonchev–Trinajstić information content (AvgIpc) is 2.41. The topological polar surface area (TPSA) is 35.5 Å². The van der Waals surface area contributed by atoms with Crippen LogP contribution in [0.3, 0.4) is 0 Å². The smallest absolute Gasteiger partial charge is 0.433 e. The van der Waals surface area contributed by atoms with Gasteiger partial charge >= 0.3 is 12.1 Å². The molecule has 1 unspecified atom stereocenters. The molecule has 1 aromatic carbocycles. The number of halogens is 3. The van der Waals surface area contributed by atoms with Gasteiger partial charge in [0, 0.05) is 5.56 Å². The van der Waals surface area contributed by atoms with Crippen LogP contribution >= 0.6 is 0 Å². The molecule has 2 rings (SSSR count). The summed E-state index contributed by atoms with van der Waals surface area (Å²) >= 11 is 0. The summed E-state index contributed by atoms with van der Waals surface area (Å²) in [5.74, 6) is -1.77. The SMILES string of the molecule is COC(=O)/C=C1/OC(c2ccccc2)(C(F)(F)F)[C@H]1C. The van der Waals surface area contributed by atoms with E-state index in [0.717, 1.165) is 13.2 Å². The monoisotopic (exact) mass is 286 g/mol. The molecule has 2 atom stereocenters. The minimum Gasteiger partial charge on any atom is -0.476 e. The fourth-order valence-electron chi connectivity index (χ4n) is 2.30. The van der Waals surface area contributed by atoms with Gasteiger partial charge in [-0.1, -0.05) is 37.3 Å². The predicted octanol–water partition coefficient (Wildman–Crippen LogP) is 3.17. The molecule has 6 heteroatoms. The summed E-state index contributed by atoms with van der Waals surface area (Å²) in [4.78, 5) is 11.1. The van der Waals surface area contributed by atoms with E-state index >= 15 is 0 Å². The summed E-state index contributed by atoms with van der Waals surface area (Å²) in [5.41, 5.74) is -2.39. The van der Waals surface area contributed by atoms with Gasteiger partial charge in [0.05, 0.1) is 19.1 Å². The number of rotatable bonds is 2. The van der Waals surface area contributed by atoms with E-state index < -0.39 is 23.7 Å². The van der Waals surface area contributed by atoms with Gasteiger partial charge < -0.3 is 9.47 Å². The van der Waals surface area contributed by atoms with Crippen LogP contribution in [0.4, 0.5) is 13.2 Å². The van der Waals surface area contributed by atoms with Crippen LogP contribution < -0.4 is 0 Å². The molecule has 1 heterocycles. The summed E-state index contributed by atoms with van der Waals surface area (Å²) in [6.45, 7) is 1.37. The van der Waals surface area contributed by atoms with Crippen molar-refractivity contribution in [1.29, 1.82) is 0 Å². The number of carbonyl (C=O) groups excluding carboxylic acids is 1. The quantitative estimate of drug-likeness (QED) is 0.619. The number of hydrogen-bond donors (Lipinski definition) is 0. The Bertz CT molecular complexity index is 536. The maximum absolute atomic E-state index is 13.4. The molecular weight excluding hydrogens is 273 g/mol. The lowest BCUT2D eigenvalue weighted by molar-refractivity contribution is -0.332. The minimum atomic E-state index is -4.58. The molecular formula is C14H13F3O3. The molecule has 20 heavy (non-hydrogen) atoms. The molecule has 1 saturated heterocycles. The molecule has 0 amide bonds. The third-order valence-corrected chi connectivity index (χ3v) is 3.40. The van der Waals surface area contributed by atoms with E-state index in [1.165, 1.54) is 31.2 Å². The number of benzene rings is 1. The first-order valence-corrected chi connectivity index (χ1v) is 5.93. The number of hydrogen-bond acceptors (Lipinski definition) is 3. The van der Waals surface area contributed by atoms with Gasteiger partial charge in [0.25, 0.3) is 0 Å². The number of carbonyl (C=O) groups is 1. The van der Waals surface area contributed by atoms with Crippen LogP contribution in [0.5, 0.6) is 0 Å². The lowest BCUT2D eigenvalue weighted by atomic mass is 9.75. The molecule has 0 bridgehead atoms. The lowest BCUT2D eigenvalue weighted by Crippen LogP contribution is -2.58. The van der Waals surface area contributed by atoms with Gasteiger partial charge in [-0.3, -0.25) is 0 Å². The highest BCUT2D eigenvalue weighted by Gasteiger charge is 2.69. The molecule has 1 aliphatic heterocycles. The van der Waals surface area contributed by atoms with Gasteiger partial charge in [-0.25, -0.2) is 4.79 Å². The number of alkyl halides is 3. The Hall–Kier alpha value is -1.98. The first-order valence-electron chi connectivity index (χ1n) is 5.93. The number of ether oxygens (including phenoxy) is 2. The highest BCUT2D eigenvalue weighted by molar-refractivity contribution is 5.82. The Morgan fingerprint density at radius 3 is 2.40 bits per heavy atom. The molecule has 0 aromatic heterocycles.